The summed E-state index contributed by atoms with van der Waals surface area (Å²) in [5.41, 5.74) is 0.821. The first-order valence-electron chi connectivity index (χ1n) is 6.18. The van der Waals surface area contributed by atoms with Crippen molar-refractivity contribution in [2.24, 2.45) is 0 Å². The van der Waals surface area contributed by atoms with Crippen molar-refractivity contribution in [1.29, 1.82) is 0 Å². The molecule has 19 heavy (non-hydrogen) atoms. The van der Waals surface area contributed by atoms with Crippen LogP contribution >= 0.6 is 0 Å². The Bertz CT molecular complexity index is 390. The molecule has 0 aromatic carbocycles. The Morgan fingerprint density at radius 2 is 2.16 bits per heavy atom. The van der Waals surface area contributed by atoms with Crippen molar-refractivity contribution in [3.63, 3.8) is 0 Å². The van der Waals surface area contributed by atoms with Crippen molar-refractivity contribution in [3.05, 3.63) is 11.9 Å². The van der Waals surface area contributed by atoms with E-state index in [2.05, 4.69) is 10.3 Å². The summed E-state index contributed by atoms with van der Waals surface area (Å²) in [5, 5.41) is 2.94. The van der Waals surface area contributed by atoms with Gasteiger partial charge >= 0.3 is 6.18 Å². The first-order chi connectivity index (χ1) is 8.83. The van der Waals surface area contributed by atoms with Crippen LogP contribution in [0.2, 0.25) is 0 Å². The smallest absolute Gasteiger partial charge is 0.383 e. The number of halogens is 3. The lowest BCUT2D eigenvalue weighted by molar-refractivity contribution is -0.134. The molecule has 0 spiro atoms. The normalized spacial score (nSPS) is 13.6. The monoisotopic (exact) mass is 279 g/mol. The van der Waals surface area contributed by atoms with Crippen molar-refractivity contribution in [2.45, 2.75) is 38.9 Å². The molecule has 0 aliphatic heterocycles. The van der Waals surface area contributed by atoms with Gasteiger partial charge in [0.25, 0.3) is 0 Å². The molecule has 1 N–H and O–H groups in total. The number of alkyl halides is 3. The number of nitrogens with one attached hydrogen (secondary N) is 1. The Hall–Kier alpha value is -1.24. The van der Waals surface area contributed by atoms with Crippen LogP contribution in [0.3, 0.4) is 0 Å². The lowest BCUT2D eigenvalue weighted by Gasteiger charge is -2.16. The molecule has 1 atom stereocenters. The van der Waals surface area contributed by atoms with E-state index in [1.807, 2.05) is 24.6 Å². The van der Waals surface area contributed by atoms with Crippen LogP contribution in [0, 0.1) is 6.92 Å². The topological polar surface area (TPSA) is 39.1 Å². The average Bonchev–Trinajstić information content (AvgIpc) is 2.65. The van der Waals surface area contributed by atoms with Gasteiger partial charge in [-0.25, -0.2) is 4.98 Å². The molecule has 0 amide bonds. The summed E-state index contributed by atoms with van der Waals surface area (Å²) < 4.78 is 43.0. The van der Waals surface area contributed by atoms with Crippen LogP contribution in [-0.4, -0.2) is 36.0 Å². The molecule has 1 aromatic rings. The first-order valence-corrected chi connectivity index (χ1v) is 6.18. The molecule has 110 valence electrons. The SMILES string of the molecule is COCC(C)n1cc(C)nc1NCCCC(F)(F)F. The minimum Gasteiger partial charge on any atom is -0.383 e. The maximum atomic E-state index is 12.0. The molecule has 1 unspecified atom stereocenters. The van der Waals surface area contributed by atoms with E-state index in [0.717, 1.165) is 5.69 Å². The predicted molar refractivity (Wildman–Crippen MR) is 67.3 cm³/mol. The molecule has 0 saturated heterocycles. The Morgan fingerprint density at radius 1 is 1.47 bits per heavy atom. The van der Waals surface area contributed by atoms with E-state index in [0.29, 0.717) is 12.6 Å². The molecule has 0 fully saturated rings. The highest BCUT2D eigenvalue weighted by Crippen LogP contribution is 2.21. The summed E-state index contributed by atoms with van der Waals surface area (Å²) >= 11 is 0. The number of rotatable bonds is 7. The summed E-state index contributed by atoms with van der Waals surface area (Å²) in [4.78, 5) is 4.26. The van der Waals surface area contributed by atoms with Crippen LogP contribution in [-0.2, 0) is 4.74 Å². The van der Waals surface area contributed by atoms with E-state index in [-0.39, 0.29) is 19.0 Å². The van der Waals surface area contributed by atoms with E-state index in [9.17, 15) is 13.2 Å². The Balaban J connectivity index is 2.53. The maximum Gasteiger partial charge on any atom is 0.389 e. The van der Waals surface area contributed by atoms with Gasteiger partial charge in [-0.15, -0.1) is 0 Å². The number of ether oxygens (including phenoxy) is 1. The fourth-order valence-corrected chi connectivity index (χ4v) is 1.79. The van der Waals surface area contributed by atoms with Crippen LogP contribution < -0.4 is 5.32 Å². The molecule has 7 heteroatoms. The number of anilines is 1. The molecule has 0 radical (unpaired) electrons. The molecule has 0 saturated carbocycles. The van der Waals surface area contributed by atoms with E-state index < -0.39 is 12.6 Å². The van der Waals surface area contributed by atoms with Crippen LogP contribution in [0.4, 0.5) is 19.1 Å². The second-order valence-corrected chi connectivity index (χ2v) is 4.56. The summed E-state index contributed by atoms with van der Waals surface area (Å²) in [5.74, 6) is 0.587. The third-order valence-corrected chi connectivity index (χ3v) is 2.66. The van der Waals surface area contributed by atoms with Crippen LogP contribution in [0.25, 0.3) is 0 Å². The summed E-state index contributed by atoms with van der Waals surface area (Å²) in [6.45, 7) is 4.57. The lowest BCUT2D eigenvalue weighted by Crippen LogP contribution is -2.16. The van der Waals surface area contributed by atoms with Gasteiger partial charge in [-0.05, 0) is 20.3 Å². The van der Waals surface area contributed by atoms with Gasteiger partial charge in [-0.3, -0.25) is 0 Å². The highest BCUT2D eigenvalue weighted by molar-refractivity contribution is 5.29. The molecule has 0 aliphatic rings. The number of hydrogen-bond acceptors (Lipinski definition) is 3. The molecule has 0 aliphatic carbocycles. The number of nitrogens with zero attached hydrogens (tertiary/aromatic N) is 2. The van der Waals surface area contributed by atoms with Gasteiger partial charge in [0.15, 0.2) is 0 Å². The highest BCUT2D eigenvalue weighted by atomic mass is 19.4. The van der Waals surface area contributed by atoms with Gasteiger partial charge in [0.05, 0.1) is 18.3 Å². The maximum absolute atomic E-state index is 12.0. The van der Waals surface area contributed by atoms with Crippen molar-refractivity contribution < 1.29 is 17.9 Å². The quantitative estimate of drug-likeness (QED) is 0.779. The van der Waals surface area contributed by atoms with Crippen molar-refractivity contribution in [1.82, 2.24) is 9.55 Å². The highest BCUT2D eigenvalue weighted by Gasteiger charge is 2.26. The van der Waals surface area contributed by atoms with Crippen LogP contribution in [0.5, 0.6) is 0 Å². The lowest BCUT2D eigenvalue weighted by atomic mass is 10.3. The zero-order valence-electron chi connectivity index (χ0n) is 11.4. The van der Waals surface area contributed by atoms with E-state index in [1.165, 1.54) is 0 Å². The largest absolute Gasteiger partial charge is 0.389 e. The van der Waals surface area contributed by atoms with E-state index >= 15 is 0 Å². The molecule has 1 aromatic heterocycles. The van der Waals surface area contributed by atoms with E-state index in [4.69, 9.17) is 4.74 Å². The van der Waals surface area contributed by atoms with Crippen molar-refractivity contribution in [3.8, 4) is 0 Å². The van der Waals surface area contributed by atoms with Gasteiger partial charge in [0.1, 0.15) is 0 Å². The van der Waals surface area contributed by atoms with Crippen LogP contribution in [0.15, 0.2) is 6.20 Å². The van der Waals surface area contributed by atoms with Gasteiger partial charge in [0.2, 0.25) is 5.95 Å². The van der Waals surface area contributed by atoms with Gasteiger partial charge in [0, 0.05) is 26.3 Å². The van der Waals surface area contributed by atoms with Gasteiger partial charge in [-0.1, -0.05) is 0 Å². The molecule has 0 bridgehead atoms. The standard InChI is InChI=1S/C12H20F3N3O/c1-9-7-18(10(2)8-19-3)11(17-9)16-6-4-5-12(13,14)15/h7,10H,4-6,8H2,1-3H3,(H,16,17). The number of hydrogen-bond donors (Lipinski definition) is 1. The summed E-state index contributed by atoms with van der Waals surface area (Å²) in [6.07, 6.45) is -2.99. The fourth-order valence-electron chi connectivity index (χ4n) is 1.79. The molecular formula is C12H20F3N3O. The third-order valence-electron chi connectivity index (χ3n) is 2.66. The first kappa shape index (κ1) is 15.8. The van der Waals surface area contributed by atoms with Crippen LogP contribution in [0.1, 0.15) is 31.5 Å². The average molecular weight is 279 g/mol. The second kappa shape index (κ2) is 6.79. The predicted octanol–water partition coefficient (Wildman–Crippen LogP) is 3.15. The Labute approximate surface area is 111 Å². The minimum atomic E-state index is -4.10. The third kappa shape index (κ3) is 5.50. The van der Waals surface area contributed by atoms with Crippen molar-refractivity contribution >= 4 is 5.95 Å². The summed E-state index contributed by atoms with van der Waals surface area (Å²) in [7, 11) is 1.61. The molecule has 1 rings (SSSR count). The second-order valence-electron chi connectivity index (χ2n) is 4.56. The molecule has 4 nitrogen and oxygen atoms in total. The van der Waals surface area contributed by atoms with Crippen molar-refractivity contribution in [2.75, 3.05) is 25.6 Å². The number of aromatic nitrogens is 2. The Kier molecular flexibility index (Phi) is 5.65. The van der Waals surface area contributed by atoms with Gasteiger partial charge in [-0.2, -0.15) is 13.2 Å². The summed E-state index contributed by atoms with van der Waals surface area (Å²) in [6, 6.07) is 0.0799. The number of methoxy groups -OCH3 is 1. The van der Waals surface area contributed by atoms with Gasteiger partial charge < -0.3 is 14.6 Å². The Morgan fingerprint density at radius 3 is 2.74 bits per heavy atom. The molecular weight excluding hydrogens is 259 g/mol. The minimum absolute atomic E-state index is 0.0358. The number of imidazole rings is 1. The van der Waals surface area contributed by atoms with E-state index in [1.54, 1.807) is 7.11 Å². The zero-order chi connectivity index (χ0) is 14.5. The fraction of sp³-hybridized carbons (Fsp3) is 0.750. The molecule has 1 heterocycles. The number of aryl methyl sites for hydroxylation is 1. The zero-order valence-corrected chi connectivity index (χ0v) is 11.4.